The fourth-order valence-electron chi connectivity index (χ4n) is 4.21. The van der Waals surface area contributed by atoms with Gasteiger partial charge in [0, 0.05) is 29.2 Å². The smallest absolute Gasteiger partial charge is 0.490 e. The normalized spacial score (nSPS) is 18.0. The number of hydrogen-bond acceptors (Lipinski definition) is 15. The van der Waals surface area contributed by atoms with Crippen molar-refractivity contribution in [2.24, 2.45) is 5.16 Å². The minimum Gasteiger partial charge on any atom is -0.504 e. The highest BCUT2D eigenvalue weighted by atomic mass is 35.5. The Kier molecular flexibility index (Phi) is 14.3. The number of nitrogen functional groups attached to an aromatic ring is 1. The molecule has 3 amide bonds. The zero-order valence-electron chi connectivity index (χ0n) is 27.6. The molecule has 56 heavy (non-hydrogen) atoms. The average molecular weight is 883 g/mol. The number of carboxylic acids is 3. The second kappa shape index (κ2) is 17.8. The summed E-state index contributed by atoms with van der Waals surface area (Å²) in [4.78, 5) is 80.2. The van der Waals surface area contributed by atoms with Crippen molar-refractivity contribution in [3.8, 4) is 11.5 Å². The number of benzene rings is 1. The summed E-state index contributed by atoms with van der Waals surface area (Å²) in [5.41, 5.74) is 0.382. The third-order valence-corrected chi connectivity index (χ3v) is 10.6. The number of thiazole rings is 1. The van der Waals surface area contributed by atoms with Crippen LogP contribution >= 0.6 is 46.5 Å². The molecule has 2 aliphatic rings. The van der Waals surface area contributed by atoms with Gasteiger partial charge in [0.15, 0.2) is 22.3 Å². The number of amides is 3. The highest BCUT2D eigenvalue weighted by Crippen LogP contribution is 2.41. The number of β-lactam (4-membered cyclic amide) rings is 1. The Morgan fingerprint density at radius 3 is 2.25 bits per heavy atom. The van der Waals surface area contributed by atoms with Crippen LogP contribution in [0.3, 0.4) is 0 Å². The fourth-order valence-corrected chi connectivity index (χ4v) is 7.36. The van der Waals surface area contributed by atoms with Crippen LogP contribution in [0.1, 0.15) is 23.0 Å². The number of nitrogens with one attached hydrogen (secondary N) is 2. The number of aromatic hydroxyl groups is 2. The predicted octanol–water partition coefficient (Wildman–Crippen LogP) is 2.45. The maximum atomic E-state index is 13.5. The van der Waals surface area contributed by atoms with Gasteiger partial charge >= 0.3 is 35.9 Å². The van der Waals surface area contributed by atoms with Gasteiger partial charge in [0.1, 0.15) is 22.8 Å². The van der Waals surface area contributed by atoms with E-state index in [1.807, 2.05) is 0 Å². The Balaban J connectivity index is 0.00000109. The molecule has 1 saturated heterocycles. The topological polar surface area (TPSA) is 291 Å². The molecule has 0 bridgehead atoms. The summed E-state index contributed by atoms with van der Waals surface area (Å²) in [6.45, 7) is 0.290. The molecule has 0 aliphatic carbocycles. The van der Waals surface area contributed by atoms with Crippen LogP contribution in [0.2, 0.25) is 5.02 Å². The number of anilines is 1. The molecule has 9 N–H and O–H groups in total. The second-order valence-electron chi connectivity index (χ2n) is 11.0. The van der Waals surface area contributed by atoms with Gasteiger partial charge in [-0.1, -0.05) is 16.8 Å². The number of carbonyl (C=O) groups excluding carboxylic acids is 3. The highest BCUT2D eigenvalue weighted by Gasteiger charge is 2.61. The lowest BCUT2D eigenvalue weighted by Crippen LogP contribution is -2.71. The Morgan fingerprint density at radius 2 is 1.73 bits per heavy atom. The highest BCUT2D eigenvalue weighted by molar-refractivity contribution is 8.01. The minimum atomic E-state index is -5.45. The molecule has 1 aromatic carbocycles. The second-order valence-corrected chi connectivity index (χ2v) is 14.4. The van der Waals surface area contributed by atoms with Crippen LogP contribution in [0.25, 0.3) is 0 Å². The summed E-state index contributed by atoms with van der Waals surface area (Å²) in [5, 5.41) is 53.1. The van der Waals surface area contributed by atoms with Crippen molar-refractivity contribution in [1.82, 2.24) is 20.5 Å². The Morgan fingerprint density at radius 1 is 1.11 bits per heavy atom. The number of nitrogens with zero attached hydrogens (tertiary/aromatic N) is 3. The predicted molar refractivity (Wildman–Crippen MR) is 184 cm³/mol. The van der Waals surface area contributed by atoms with Crippen molar-refractivity contribution in [2.45, 2.75) is 36.3 Å². The number of thioether (sulfide) groups is 2. The number of halogens is 7. The van der Waals surface area contributed by atoms with Crippen molar-refractivity contribution in [3.63, 3.8) is 0 Å². The lowest BCUT2D eigenvalue weighted by molar-refractivity contribution is -0.269. The molecule has 0 saturated carbocycles. The minimum absolute atomic E-state index is 0.0767. The SMILES string of the molecule is C[C@@](O/N=C(\C(=O)N[C@@H]1C(=O)N2C(C(=O)O)=C(CSCCNC(=O)c3ccc(O)c(O)c3Cl)CS[C@H]12)c1csc(N)n1)(C(=O)O)C(F)(F)F.O=C(O)C(F)(F)F. The van der Waals surface area contributed by atoms with Crippen molar-refractivity contribution >= 4 is 92.9 Å². The molecule has 1 aromatic heterocycles. The Hall–Kier alpha value is -5.15. The monoisotopic (exact) mass is 882 g/mol. The summed E-state index contributed by atoms with van der Waals surface area (Å²) in [7, 11) is 0. The van der Waals surface area contributed by atoms with E-state index in [1.165, 1.54) is 17.8 Å². The molecular formula is C28H25ClF6N6O12S3. The Labute approximate surface area is 325 Å². The van der Waals surface area contributed by atoms with E-state index in [0.717, 1.165) is 39.4 Å². The van der Waals surface area contributed by atoms with Crippen LogP contribution in [-0.2, 0) is 28.8 Å². The van der Waals surface area contributed by atoms with Crippen molar-refractivity contribution in [3.05, 3.63) is 45.1 Å². The molecule has 0 radical (unpaired) electrons. The number of phenolic OH excluding ortho intramolecular Hbond substituents is 2. The summed E-state index contributed by atoms with van der Waals surface area (Å²) < 4.78 is 72.1. The molecule has 2 aromatic rings. The number of hydrogen-bond donors (Lipinski definition) is 8. The molecule has 306 valence electrons. The lowest BCUT2D eigenvalue weighted by Gasteiger charge is -2.49. The number of nitrogens with two attached hydrogens (primary N) is 1. The van der Waals surface area contributed by atoms with Crippen molar-refractivity contribution in [2.75, 3.05) is 29.5 Å². The summed E-state index contributed by atoms with van der Waals surface area (Å²) in [6.07, 6.45) is -10.5. The number of oxime groups is 1. The number of fused-ring (bicyclic) bond motifs is 1. The molecule has 2 aliphatic heterocycles. The van der Waals surface area contributed by atoms with E-state index in [-0.39, 0.29) is 52.1 Å². The standard InChI is InChI=1S/C26H24ClF3N6O10S3.C2HF3O2/c1-25(23(44)45,26(28,29)30)46-35-14(11-8-49-24(31)33-11)19(40)34-15-20(41)36-16(22(42)43)9(7-48-21(15)36)6-47-5-4-32-18(39)10-2-3-12(37)17(38)13(10)27;3-2(4,5)1(6)7/h2-3,8,15,21,37-38H,4-7H2,1H3,(H2,31,33)(H,32,39)(H,34,40)(H,42,43)(H,44,45);(H,6,7)/b35-14-;/t15-,21-,25-;/m1./s1. The van der Waals surface area contributed by atoms with E-state index in [2.05, 4.69) is 25.6 Å². The summed E-state index contributed by atoms with van der Waals surface area (Å²) in [6, 6.07) is 0.967. The van der Waals surface area contributed by atoms with Crippen molar-refractivity contribution in [1.29, 1.82) is 0 Å². The van der Waals surface area contributed by atoms with Gasteiger partial charge in [0.05, 0.1) is 10.6 Å². The first-order valence-corrected chi connectivity index (χ1v) is 18.1. The lowest BCUT2D eigenvalue weighted by atomic mass is 10.0. The van der Waals surface area contributed by atoms with E-state index in [4.69, 9.17) is 32.3 Å². The van der Waals surface area contributed by atoms with Gasteiger partial charge in [-0.3, -0.25) is 19.3 Å². The van der Waals surface area contributed by atoms with E-state index >= 15 is 0 Å². The Bertz CT molecular complexity index is 1980. The van der Waals surface area contributed by atoms with Gasteiger partial charge < -0.3 is 46.7 Å². The first-order valence-electron chi connectivity index (χ1n) is 14.7. The van der Waals surface area contributed by atoms with Crippen LogP contribution in [0.15, 0.2) is 33.9 Å². The van der Waals surface area contributed by atoms with Gasteiger partial charge in [-0.15, -0.1) is 23.1 Å². The number of carbonyl (C=O) groups is 6. The molecule has 28 heteroatoms. The molecule has 1 fully saturated rings. The molecular weight excluding hydrogens is 858 g/mol. The van der Waals surface area contributed by atoms with Crippen LogP contribution in [0, 0.1) is 0 Å². The summed E-state index contributed by atoms with van der Waals surface area (Å²) in [5.74, 6) is -9.99. The maximum Gasteiger partial charge on any atom is 0.490 e. The molecule has 4 rings (SSSR count). The third kappa shape index (κ3) is 10.2. The van der Waals surface area contributed by atoms with Gasteiger partial charge in [0.25, 0.3) is 17.7 Å². The molecule has 0 unspecified atom stereocenters. The number of carboxylic acid groups (broad SMARTS) is 3. The maximum absolute atomic E-state index is 13.5. The zero-order chi connectivity index (χ0) is 42.5. The molecule has 18 nitrogen and oxygen atoms in total. The van der Waals surface area contributed by atoms with Crippen LogP contribution < -0.4 is 16.4 Å². The van der Waals surface area contributed by atoms with E-state index in [1.54, 1.807) is 0 Å². The number of aliphatic carboxylic acids is 3. The van der Waals surface area contributed by atoms with Crippen molar-refractivity contribution < 1.29 is 85.5 Å². The zero-order valence-corrected chi connectivity index (χ0v) is 30.8. The number of rotatable bonds is 13. The van der Waals surface area contributed by atoms with Crippen LogP contribution in [0.4, 0.5) is 31.5 Å². The number of aromatic nitrogens is 1. The first kappa shape index (κ1) is 45.2. The van der Waals surface area contributed by atoms with E-state index < -0.39 is 82.2 Å². The summed E-state index contributed by atoms with van der Waals surface area (Å²) >= 11 is 9.01. The first-order chi connectivity index (χ1) is 25.8. The molecule has 3 atom stereocenters. The van der Waals surface area contributed by atoms with Gasteiger partial charge in [-0.25, -0.2) is 19.4 Å². The van der Waals surface area contributed by atoms with Gasteiger partial charge in [-0.05, 0) is 24.6 Å². The third-order valence-electron chi connectivity index (χ3n) is 7.17. The van der Waals surface area contributed by atoms with E-state index in [0.29, 0.717) is 11.3 Å². The van der Waals surface area contributed by atoms with Crippen LogP contribution in [0.5, 0.6) is 11.5 Å². The molecule has 3 heterocycles. The fraction of sp³-hybridized carbons (Fsp3) is 0.357. The number of alkyl halides is 6. The van der Waals surface area contributed by atoms with E-state index in [9.17, 15) is 65.6 Å². The van der Waals surface area contributed by atoms with Gasteiger partial charge in [0.2, 0.25) is 0 Å². The number of phenols is 2. The quantitative estimate of drug-likeness (QED) is 0.0358. The van der Waals surface area contributed by atoms with Crippen LogP contribution in [-0.4, -0.2) is 130 Å². The average Bonchev–Trinajstić information content (AvgIpc) is 3.53. The molecule has 0 spiro atoms. The largest absolute Gasteiger partial charge is 0.504 e. The van der Waals surface area contributed by atoms with Gasteiger partial charge in [-0.2, -0.15) is 38.1 Å².